The molecule has 0 saturated carbocycles. The van der Waals surface area contributed by atoms with Gasteiger partial charge in [-0.3, -0.25) is 0 Å². The van der Waals surface area contributed by atoms with Crippen LogP contribution in [0.1, 0.15) is 32.6 Å². The Balaban J connectivity index is 0.000000204. The van der Waals surface area contributed by atoms with Crippen molar-refractivity contribution in [2.75, 3.05) is 6.61 Å². The summed E-state index contributed by atoms with van der Waals surface area (Å²) in [6, 6.07) is 32.0. The molecule has 5 rings (SSSR count). The highest BCUT2D eigenvalue weighted by molar-refractivity contribution is 5.91. The summed E-state index contributed by atoms with van der Waals surface area (Å²) in [6.45, 7) is 4.12. The predicted octanol–water partition coefficient (Wildman–Crippen LogP) is 5.67. The Hall–Kier alpha value is -6.03. The van der Waals surface area contributed by atoms with Crippen LogP contribution in [0.3, 0.4) is 0 Å². The van der Waals surface area contributed by atoms with Crippen LogP contribution in [0.25, 0.3) is 11.1 Å². The van der Waals surface area contributed by atoms with Gasteiger partial charge in [0.2, 0.25) is 0 Å². The third kappa shape index (κ3) is 9.25. The van der Waals surface area contributed by atoms with Gasteiger partial charge >= 0.3 is 17.9 Å². The summed E-state index contributed by atoms with van der Waals surface area (Å²) in [5.74, 6) is -0.948. The zero-order chi connectivity index (χ0) is 31.3. The fourth-order valence-corrected chi connectivity index (χ4v) is 3.68. The topological polar surface area (TPSA) is 139 Å². The van der Waals surface area contributed by atoms with E-state index in [4.69, 9.17) is 29.5 Å². The van der Waals surface area contributed by atoms with Crippen molar-refractivity contribution < 1.29 is 33.3 Å². The zero-order valence-corrected chi connectivity index (χ0v) is 23.5. The third-order valence-electron chi connectivity index (χ3n) is 6.21. The van der Waals surface area contributed by atoms with Gasteiger partial charge in [0.05, 0.1) is 35.4 Å². The quantitative estimate of drug-likeness (QED) is 0.105. The number of esters is 3. The van der Waals surface area contributed by atoms with Gasteiger partial charge in [-0.05, 0) is 70.8 Å². The lowest BCUT2D eigenvalue weighted by molar-refractivity contribution is -0.146. The first-order valence-electron chi connectivity index (χ1n) is 13.4. The molecule has 1 unspecified atom stereocenters. The molecule has 0 spiro atoms. The first-order chi connectivity index (χ1) is 21.4. The van der Waals surface area contributed by atoms with Crippen LogP contribution in [0.2, 0.25) is 0 Å². The Morgan fingerprint density at radius 2 is 1.23 bits per heavy atom. The maximum absolute atomic E-state index is 12.1. The van der Waals surface area contributed by atoms with Gasteiger partial charge in [-0.25, -0.2) is 14.4 Å². The molecule has 1 aliphatic rings. The molecule has 9 heteroatoms. The molecule has 1 aliphatic heterocycles. The zero-order valence-electron chi connectivity index (χ0n) is 23.5. The van der Waals surface area contributed by atoms with Crippen LogP contribution in [0.5, 0.6) is 5.75 Å². The number of carbonyl (C=O) groups excluding carboxylic acids is 3. The fraction of sp³-hybridized carbons (Fsp3) is 0.114. The van der Waals surface area contributed by atoms with Gasteiger partial charge in [-0.2, -0.15) is 10.5 Å². The van der Waals surface area contributed by atoms with Gasteiger partial charge in [0.15, 0.2) is 6.10 Å². The highest BCUT2D eigenvalue weighted by atomic mass is 16.6. The minimum atomic E-state index is -0.505. The van der Waals surface area contributed by atoms with Gasteiger partial charge in [-0.1, -0.05) is 55.1 Å². The number of rotatable bonds is 9. The van der Waals surface area contributed by atoms with Gasteiger partial charge in [-0.15, -0.1) is 0 Å². The van der Waals surface area contributed by atoms with Crippen LogP contribution in [-0.4, -0.2) is 30.6 Å². The normalized spacial score (nSPS) is 12.6. The predicted molar refractivity (Wildman–Crippen MR) is 159 cm³/mol. The summed E-state index contributed by atoms with van der Waals surface area (Å²) in [5.41, 5.74) is 5.27. The van der Waals surface area contributed by atoms with E-state index in [1.54, 1.807) is 60.7 Å². The minimum Gasteiger partial charge on any atom is -0.459 e. The van der Waals surface area contributed by atoms with E-state index in [0.717, 1.165) is 28.3 Å². The van der Waals surface area contributed by atoms with Gasteiger partial charge < -0.3 is 18.9 Å². The van der Waals surface area contributed by atoms with Crippen molar-refractivity contribution in [1.29, 1.82) is 10.5 Å². The molecule has 9 nitrogen and oxygen atoms in total. The first kappa shape index (κ1) is 30.9. The van der Waals surface area contributed by atoms with E-state index in [9.17, 15) is 14.4 Å². The monoisotopic (exact) mass is 586 g/mol. The number of carbonyl (C=O) groups is 3. The molecular weight excluding hydrogens is 560 g/mol. The Labute approximate surface area is 254 Å². The van der Waals surface area contributed by atoms with Gasteiger partial charge in [0.25, 0.3) is 0 Å². The average Bonchev–Trinajstić information content (AvgIpc) is 3.93. The van der Waals surface area contributed by atoms with E-state index >= 15 is 0 Å². The lowest BCUT2D eigenvalue weighted by Gasteiger charge is -2.06. The number of nitrogens with zero attached hydrogens (tertiary/aromatic N) is 2. The molecule has 0 aromatic heterocycles. The molecular formula is C35H26N2O7. The second kappa shape index (κ2) is 15.3. The molecule has 44 heavy (non-hydrogen) atoms. The highest BCUT2D eigenvalue weighted by Gasteiger charge is 2.32. The Morgan fingerprint density at radius 3 is 1.73 bits per heavy atom. The third-order valence-corrected chi connectivity index (χ3v) is 6.21. The van der Waals surface area contributed by atoms with E-state index in [-0.39, 0.29) is 19.2 Å². The highest BCUT2D eigenvalue weighted by Crippen LogP contribution is 2.21. The molecule has 4 aromatic rings. The number of nitriles is 2. The summed E-state index contributed by atoms with van der Waals surface area (Å²) >= 11 is 0. The number of epoxide rings is 1. The molecule has 218 valence electrons. The lowest BCUT2D eigenvalue weighted by Crippen LogP contribution is -2.11. The van der Waals surface area contributed by atoms with Crippen LogP contribution in [0, 0.1) is 22.7 Å². The maximum Gasteiger partial charge on any atom is 0.343 e. The summed E-state index contributed by atoms with van der Waals surface area (Å²) in [7, 11) is 0. The summed E-state index contributed by atoms with van der Waals surface area (Å²) in [6.07, 6.45) is 0.720. The van der Waals surface area contributed by atoms with E-state index < -0.39 is 18.0 Å². The summed E-state index contributed by atoms with van der Waals surface area (Å²) < 4.78 is 20.1. The standard InChI is InChI=1S/C18H13NO5.C17H13NO2/c19-9-12-3-7-15(8-4-12)24-17(20)14-5-1-13(2-6-14)10-23-18(21)16-11-22-16;1-2-17(19)20-12-14-5-9-16(10-6-14)15-7-3-13(11-18)4-8-15/h1-8,16H,10-11H2;2-10H,1,12H2. The number of ether oxygens (including phenoxy) is 4. The fourth-order valence-electron chi connectivity index (χ4n) is 3.68. The average molecular weight is 587 g/mol. The molecule has 1 saturated heterocycles. The van der Waals surface area contributed by atoms with Crippen molar-refractivity contribution in [3.8, 4) is 29.0 Å². The van der Waals surface area contributed by atoms with Crippen LogP contribution in [0.15, 0.2) is 110 Å². The SMILES string of the molecule is C=CC(=O)OCc1ccc(-c2ccc(C#N)cc2)cc1.N#Cc1ccc(OC(=O)c2ccc(COC(=O)C3CO3)cc2)cc1. The van der Waals surface area contributed by atoms with Crippen LogP contribution in [-0.2, 0) is 37.0 Å². The second-order valence-corrected chi connectivity index (χ2v) is 9.35. The molecule has 0 amide bonds. The number of benzene rings is 4. The van der Waals surface area contributed by atoms with Crippen LogP contribution < -0.4 is 4.74 Å². The van der Waals surface area contributed by atoms with Crippen molar-refractivity contribution in [3.05, 3.63) is 138 Å². The summed E-state index contributed by atoms with van der Waals surface area (Å²) in [5, 5.41) is 17.5. The van der Waals surface area contributed by atoms with Crippen molar-refractivity contribution in [1.82, 2.24) is 0 Å². The maximum atomic E-state index is 12.1. The van der Waals surface area contributed by atoms with Crippen LogP contribution in [0.4, 0.5) is 0 Å². The number of hydrogen-bond donors (Lipinski definition) is 0. The second-order valence-electron chi connectivity index (χ2n) is 9.35. The van der Waals surface area contributed by atoms with Crippen molar-refractivity contribution in [3.63, 3.8) is 0 Å². The lowest BCUT2D eigenvalue weighted by atomic mass is 10.0. The van der Waals surface area contributed by atoms with Crippen molar-refractivity contribution in [2.24, 2.45) is 0 Å². The van der Waals surface area contributed by atoms with Crippen LogP contribution >= 0.6 is 0 Å². The largest absolute Gasteiger partial charge is 0.459 e. The summed E-state index contributed by atoms with van der Waals surface area (Å²) in [4.78, 5) is 34.4. The van der Waals surface area contributed by atoms with E-state index in [1.165, 1.54) is 0 Å². The van der Waals surface area contributed by atoms with Gasteiger partial charge in [0.1, 0.15) is 19.0 Å². The van der Waals surface area contributed by atoms with E-state index in [2.05, 4.69) is 12.6 Å². The molecule has 1 fully saturated rings. The molecule has 0 N–H and O–H groups in total. The number of hydrogen-bond acceptors (Lipinski definition) is 9. The molecule has 0 aliphatic carbocycles. The first-order valence-corrected chi connectivity index (χ1v) is 13.4. The molecule has 1 atom stereocenters. The molecule has 4 aromatic carbocycles. The van der Waals surface area contributed by atoms with Crippen molar-refractivity contribution >= 4 is 17.9 Å². The Kier molecular flexibility index (Phi) is 10.7. The Bertz CT molecular complexity index is 1690. The smallest absolute Gasteiger partial charge is 0.343 e. The van der Waals surface area contributed by atoms with Crippen molar-refractivity contribution in [2.45, 2.75) is 19.3 Å². The molecule has 0 radical (unpaired) electrons. The molecule has 1 heterocycles. The van der Waals surface area contributed by atoms with E-state index in [1.807, 2.05) is 42.5 Å². The molecule has 0 bridgehead atoms. The van der Waals surface area contributed by atoms with E-state index in [0.29, 0.717) is 29.0 Å². The van der Waals surface area contributed by atoms with Gasteiger partial charge in [0, 0.05) is 6.08 Å². The Morgan fingerprint density at radius 1 is 0.750 bits per heavy atom. The minimum absolute atomic E-state index is 0.129.